The fourth-order valence-electron chi connectivity index (χ4n) is 5.43. The summed E-state index contributed by atoms with van der Waals surface area (Å²) >= 11 is 0. The molecule has 0 unspecified atom stereocenters. The van der Waals surface area contributed by atoms with Crippen LogP contribution in [0.3, 0.4) is 0 Å². The Labute approximate surface area is 154 Å². The van der Waals surface area contributed by atoms with Gasteiger partial charge in [0.1, 0.15) is 6.54 Å². The zero-order chi connectivity index (χ0) is 18.7. The molecule has 4 aliphatic rings. The highest BCUT2D eigenvalue weighted by atomic mass is 16.2. The van der Waals surface area contributed by atoms with Crippen LogP contribution in [0.25, 0.3) is 0 Å². The van der Waals surface area contributed by atoms with Crippen molar-refractivity contribution in [2.24, 2.45) is 33.7 Å². The number of carbonyl (C=O) groups is 3. The number of amides is 3. The third-order valence-electron chi connectivity index (χ3n) is 7.73. The molecule has 1 heterocycles. The van der Waals surface area contributed by atoms with Crippen LogP contribution >= 0.6 is 0 Å². The lowest BCUT2D eigenvalue weighted by Crippen LogP contribution is -2.40. The fourth-order valence-corrected chi connectivity index (χ4v) is 5.43. The Bertz CT molecular complexity index is 713. The first-order chi connectivity index (χ1) is 12.3. The molecule has 0 aromatic carbocycles. The minimum atomic E-state index is -0.394. The van der Waals surface area contributed by atoms with Gasteiger partial charge in [-0.3, -0.25) is 19.3 Å². The molecule has 0 aromatic rings. The first-order valence-corrected chi connectivity index (χ1v) is 9.62. The van der Waals surface area contributed by atoms with Crippen molar-refractivity contribution in [3.63, 3.8) is 0 Å². The molecular formula is C20H27N3O3. The van der Waals surface area contributed by atoms with Crippen LogP contribution in [0.1, 0.15) is 52.9 Å². The van der Waals surface area contributed by atoms with Gasteiger partial charge in [0, 0.05) is 11.1 Å². The second kappa shape index (κ2) is 5.76. The van der Waals surface area contributed by atoms with Crippen LogP contribution in [-0.4, -0.2) is 34.9 Å². The Balaban J connectivity index is 1.41. The maximum atomic E-state index is 12.4. The number of hydrogen-bond donors (Lipinski definition) is 1. The average Bonchev–Trinajstić information content (AvgIpc) is 3.07. The standard InChI is InChI=1S/C20H27N3O3/c1-19(2)12-8-9-20(19,3)15(10-12)21-22-16(24)11-23-17(25)13-6-4-5-7-14(13)18(23)26/h4-5,12-14H,6-11H2,1-3H3,(H,22,24)/t12-,13+,14+,20+/m0/s1. The Hall–Kier alpha value is -1.98. The first-order valence-electron chi connectivity index (χ1n) is 9.62. The number of allylic oxidation sites excluding steroid dienone is 2. The number of rotatable bonds is 3. The Kier molecular flexibility index (Phi) is 3.86. The molecule has 140 valence electrons. The molecule has 3 amide bonds. The predicted octanol–water partition coefficient (Wildman–Crippen LogP) is 2.26. The van der Waals surface area contributed by atoms with Crippen molar-refractivity contribution in [2.75, 3.05) is 6.54 Å². The second-order valence-corrected chi connectivity index (χ2v) is 9.01. The number of likely N-dealkylation sites (tertiary alicyclic amines) is 1. The van der Waals surface area contributed by atoms with E-state index in [0.717, 1.165) is 23.5 Å². The average molecular weight is 357 g/mol. The van der Waals surface area contributed by atoms with Crippen molar-refractivity contribution in [3.8, 4) is 0 Å². The molecule has 1 saturated heterocycles. The largest absolute Gasteiger partial charge is 0.274 e. The molecule has 1 N–H and O–H groups in total. The molecule has 4 atom stereocenters. The molecular weight excluding hydrogens is 330 g/mol. The van der Waals surface area contributed by atoms with Crippen LogP contribution in [0.2, 0.25) is 0 Å². The van der Waals surface area contributed by atoms with E-state index in [1.807, 2.05) is 12.2 Å². The minimum absolute atomic E-state index is 0.0187. The van der Waals surface area contributed by atoms with Crippen molar-refractivity contribution >= 4 is 23.4 Å². The van der Waals surface area contributed by atoms with Gasteiger partial charge in [-0.25, -0.2) is 5.43 Å². The van der Waals surface area contributed by atoms with Crippen LogP contribution in [-0.2, 0) is 14.4 Å². The summed E-state index contributed by atoms with van der Waals surface area (Å²) in [5.74, 6) is -0.815. The topological polar surface area (TPSA) is 78.8 Å². The van der Waals surface area contributed by atoms with Crippen molar-refractivity contribution in [2.45, 2.75) is 52.9 Å². The number of hydrazone groups is 1. The molecule has 4 rings (SSSR count). The smallest absolute Gasteiger partial charge is 0.260 e. The first kappa shape index (κ1) is 17.4. The highest BCUT2D eigenvalue weighted by molar-refractivity contribution is 6.07. The predicted molar refractivity (Wildman–Crippen MR) is 96.9 cm³/mol. The lowest BCUT2D eigenvalue weighted by Gasteiger charge is -2.34. The SMILES string of the molecule is CC1(C)[C@H]2CC[C@]1(C)C(=NNC(=O)CN1C(=O)[C@@H]3CC=CC[C@H]3C1=O)C2. The summed E-state index contributed by atoms with van der Waals surface area (Å²) in [7, 11) is 0. The van der Waals surface area contributed by atoms with Gasteiger partial charge in [0.05, 0.1) is 11.8 Å². The van der Waals surface area contributed by atoms with Gasteiger partial charge in [0.15, 0.2) is 0 Å². The van der Waals surface area contributed by atoms with E-state index in [4.69, 9.17) is 0 Å². The van der Waals surface area contributed by atoms with Gasteiger partial charge in [-0.1, -0.05) is 32.9 Å². The molecule has 2 bridgehead atoms. The van der Waals surface area contributed by atoms with Crippen LogP contribution in [0.15, 0.2) is 17.3 Å². The second-order valence-electron chi connectivity index (χ2n) is 9.01. The fraction of sp³-hybridized carbons (Fsp3) is 0.700. The summed E-state index contributed by atoms with van der Waals surface area (Å²) in [5.41, 5.74) is 3.87. The van der Waals surface area contributed by atoms with E-state index in [1.54, 1.807) is 0 Å². The number of carbonyl (C=O) groups excluding carboxylic acids is 3. The van der Waals surface area contributed by atoms with Gasteiger partial charge >= 0.3 is 0 Å². The third-order valence-corrected chi connectivity index (χ3v) is 7.73. The van der Waals surface area contributed by atoms with Crippen LogP contribution in [0.5, 0.6) is 0 Å². The monoisotopic (exact) mass is 357 g/mol. The van der Waals surface area contributed by atoms with Crippen LogP contribution in [0.4, 0.5) is 0 Å². The highest BCUT2D eigenvalue weighted by Gasteiger charge is 2.60. The quantitative estimate of drug-likeness (QED) is 0.478. The van der Waals surface area contributed by atoms with E-state index in [-0.39, 0.29) is 41.0 Å². The maximum absolute atomic E-state index is 12.4. The lowest BCUT2D eigenvalue weighted by molar-refractivity contribution is -0.143. The van der Waals surface area contributed by atoms with E-state index in [2.05, 4.69) is 31.3 Å². The minimum Gasteiger partial charge on any atom is -0.274 e. The molecule has 6 heteroatoms. The molecule has 26 heavy (non-hydrogen) atoms. The number of hydrogen-bond acceptors (Lipinski definition) is 4. The molecule has 0 radical (unpaired) electrons. The van der Waals surface area contributed by atoms with Crippen LogP contribution in [0, 0.1) is 28.6 Å². The summed E-state index contributed by atoms with van der Waals surface area (Å²) in [6.45, 7) is 6.57. The van der Waals surface area contributed by atoms with Gasteiger partial charge in [-0.2, -0.15) is 5.10 Å². The van der Waals surface area contributed by atoms with E-state index in [1.165, 1.54) is 6.42 Å². The van der Waals surface area contributed by atoms with Gasteiger partial charge in [0.25, 0.3) is 5.91 Å². The van der Waals surface area contributed by atoms with Gasteiger partial charge < -0.3 is 0 Å². The molecule has 1 aliphatic heterocycles. The molecule has 3 aliphatic carbocycles. The Morgan fingerprint density at radius 3 is 2.31 bits per heavy atom. The molecule has 3 fully saturated rings. The normalized spacial score (nSPS) is 39.0. The summed E-state index contributed by atoms with van der Waals surface area (Å²) < 4.78 is 0. The van der Waals surface area contributed by atoms with E-state index >= 15 is 0 Å². The van der Waals surface area contributed by atoms with Crippen molar-refractivity contribution in [1.82, 2.24) is 10.3 Å². The number of nitrogens with one attached hydrogen (secondary N) is 1. The zero-order valence-electron chi connectivity index (χ0n) is 15.7. The Morgan fingerprint density at radius 2 is 1.81 bits per heavy atom. The third kappa shape index (κ3) is 2.30. The lowest BCUT2D eigenvalue weighted by atomic mass is 9.70. The van der Waals surface area contributed by atoms with Crippen molar-refractivity contribution < 1.29 is 14.4 Å². The van der Waals surface area contributed by atoms with E-state index in [9.17, 15) is 14.4 Å². The number of nitrogens with zero attached hydrogens (tertiary/aromatic N) is 2. The molecule has 0 spiro atoms. The number of fused-ring (bicyclic) bond motifs is 3. The molecule has 6 nitrogen and oxygen atoms in total. The van der Waals surface area contributed by atoms with Crippen molar-refractivity contribution in [1.29, 1.82) is 0 Å². The summed E-state index contributed by atoms with van der Waals surface area (Å²) in [5, 5.41) is 4.41. The zero-order valence-corrected chi connectivity index (χ0v) is 15.7. The van der Waals surface area contributed by atoms with E-state index < -0.39 is 5.91 Å². The van der Waals surface area contributed by atoms with Crippen LogP contribution < -0.4 is 5.43 Å². The molecule has 2 saturated carbocycles. The van der Waals surface area contributed by atoms with Crippen molar-refractivity contribution in [3.05, 3.63) is 12.2 Å². The highest BCUT2D eigenvalue weighted by Crippen LogP contribution is 2.63. The Morgan fingerprint density at radius 1 is 1.19 bits per heavy atom. The summed E-state index contributed by atoms with van der Waals surface area (Å²) in [4.78, 5) is 38.3. The number of imide groups is 1. The van der Waals surface area contributed by atoms with Gasteiger partial charge in [0.2, 0.25) is 11.8 Å². The molecule has 0 aromatic heterocycles. The van der Waals surface area contributed by atoms with Gasteiger partial charge in [-0.15, -0.1) is 0 Å². The summed E-state index contributed by atoms with van der Waals surface area (Å²) in [6, 6.07) is 0. The maximum Gasteiger partial charge on any atom is 0.260 e. The van der Waals surface area contributed by atoms with E-state index in [0.29, 0.717) is 18.8 Å². The summed E-state index contributed by atoms with van der Waals surface area (Å²) in [6.07, 6.45) is 8.29. The van der Waals surface area contributed by atoms with Gasteiger partial charge in [-0.05, 0) is 43.4 Å².